The summed E-state index contributed by atoms with van der Waals surface area (Å²) in [4.78, 5) is 38.7. The second-order valence-electron chi connectivity index (χ2n) is 7.11. The summed E-state index contributed by atoms with van der Waals surface area (Å²) in [6, 6.07) is 12.9. The van der Waals surface area contributed by atoms with Crippen molar-refractivity contribution in [3.05, 3.63) is 53.6 Å². The number of para-hydroxylation sites is 3. The van der Waals surface area contributed by atoms with Crippen molar-refractivity contribution in [3.8, 4) is 5.75 Å². The number of aryl methyl sites for hydroxylation is 2. The van der Waals surface area contributed by atoms with Crippen molar-refractivity contribution in [1.29, 1.82) is 0 Å². The zero-order valence-electron chi connectivity index (χ0n) is 16.8. The first-order valence-corrected chi connectivity index (χ1v) is 9.48. The summed E-state index contributed by atoms with van der Waals surface area (Å²) >= 11 is 0. The first kappa shape index (κ1) is 20.4. The Labute approximate surface area is 170 Å². The normalized spacial score (nSPS) is 15.9. The molecule has 0 radical (unpaired) electrons. The van der Waals surface area contributed by atoms with E-state index >= 15 is 0 Å². The fourth-order valence-electron chi connectivity index (χ4n) is 3.48. The molecule has 7 nitrogen and oxygen atoms in total. The highest BCUT2D eigenvalue weighted by atomic mass is 16.5. The van der Waals surface area contributed by atoms with Crippen LogP contribution in [0, 0.1) is 19.8 Å². The zero-order chi connectivity index (χ0) is 21.0. The predicted molar refractivity (Wildman–Crippen MR) is 111 cm³/mol. The van der Waals surface area contributed by atoms with Crippen LogP contribution in [-0.2, 0) is 14.4 Å². The van der Waals surface area contributed by atoms with Crippen LogP contribution in [0.5, 0.6) is 5.75 Å². The Balaban J connectivity index is 1.58. The Morgan fingerprint density at radius 2 is 1.79 bits per heavy atom. The van der Waals surface area contributed by atoms with Gasteiger partial charge in [0.1, 0.15) is 5.75 Å². The Morgan fingerprint density at radius 1 is 1.10 bits per heavy atom. The Bertz CT molecular complexity index is 921. The second-order valence-corrected chi connectivity index (χ2v) is 7.11. The molecule has 29 heavy (non-hydrogen) atoms. The van der Waals surface area contributed by atoms with Gasteiger partial charge in [0.2, 0.25) is 17.7 Å². The molecule has 1 aliphatic heterocycles. The minimum absolute atomic E-state index is 0.0996. The average Bonchev–Trinajstić information content (AvgIpc) is 3.10. The van der Waals surface area contributed by atoms with Crippen LogP contribution in [0.25, 0.3) is 0 Å². The highest BCUT2D eigenvalue weighted by Crippen LogP contribution is 2.32. The number of nitrogens with zero attached hydrogens (tertiary/aromatic N) is 1. The third-order valence-corrected chi connectivity index (χ3v) is 5.04. The number of amides is 3. The van der Waals surface area contributed by atoms with Crippen LogP contribution < -0.4 is 20.3 Å². The maximum Gasteiger partial charge on any atom is 0.243 e. The van der Waals surface area contributed by atoms with Crippen LogP contribution in [-0.4, -0.2) is 37.9 Å². The number of nitrogens with one attached hydrogen (secondary N) is 2. The smallest absolute Gasteiger partial charge is 0.243 e. The molecule has 1 saturated heterocycles. The molecule has 2 aromatic carbocycles. The van der Waals surface area contributed by atoms with Crippen molar-refractivity contribution < 1.29 is 19.1 Å². The van der Waals surface area contributed by atoms with Gasteiger partial charge in [-0.25, -0.2) is 0 Å². The molecule has 3 rings (SSSR count). The lowest BCUT2D eigenvalue weighted by atomic mass is 10.1. The molecule has 1 heterocycles. The summed E-state index contributed by atoms with van der Waals surface area (Å²) in [6.45, 7) is 3.94. The highest BCUT2D eigenvalue weighted by molar-refractivity contribution is 6.02. The quantitative estimate of drug-likeness (QED) is 0.786. The van der Waals surface area contributed by atoms with Gasteiger partial charge in [-0.1, -0.05) is 30.3 Å². The van der Waals surface area contributed by atoms with E-state index in [0.29, 0.717) is 11.4 Å². The van der Waals surface area contributed by atoms with Crippen LogP contribution >= 0.6 is 0 Å². The van der Waals surface area contributed by atoms with Crippen LogP contribution in [0.2, 0.25) is 0 Å². The number of carbonyl (C=O) groups is 3. The van der Waals surface area contributed by atoms with Gasteiger partial charge < -0.3 is 20.3 Å². The molecule has 1 atom stereocenters. The summed E-state index contributed by atoms with van der Waals surface area (Å²) in [6.07, 6.45) is 0.0996. The SMILES string of the molecule is COc1ccccc1N1C[C@H](C(=O)NCC(=O)Nc2c(C)cccc2C)CC1=O. The molecule has 1 aliphatic rings. The molecule has 2 aromatic rings. The van der Waals surface area contributed by atoms with Gasteiger partial charge >= 0.3 is 0 Å². The van der Waals surface area contributed by atoms with Crippen molar-refractivity contribution in [2.75, 3.05) is 30.4 Å². The monoisotopic (exact) mass is 395 g/mol. The van der Waals surface area contributed by atoms with Gasteiger partial charge in [0.05, 0.1) is 25.3 Å². The molecule has 0 saturated carbocycles. The van der Waals surface area contributed by atoms with Gasteiger partial charge in [0, 0.05) is 18.7 Å². The van der Waals surface area contributed by atoms with E-state index in [0.717, 1.165) is 16.8 Å². The zero-order valence-corrected chi connectivity index (χ0v) is 16.8. The predicted octanol–water partition coefficient (Wildman–Crippen LogP) is 2.42. The number of methoxy groups -OCH3 is 1. The van der Waals surface area contributed by atoms with E-state index in [4.69, 9.17) is 4.74 Å². The topological polar surface area (TPSA) is 87.7 Å². The molecule has 0 bridgehead atoms. The van der Waals surface area contributed by atoms with Gasteiger partial charge in [-0.2, -0.15) is 0 Å². The molecule has 1 fully saturated rings. The third-order valence-electron chi connectivity index (χ3n) is 5.04. The summed E-state index contributed by atoms with van der Waals surface area (Å²) in [7, 11) is 1.54. The Morgan fingerprint density at radius 3 is 2.48 bits per heavy atom. The third kappa shape index (κ3) is 4.56. The second kappa shape index (κ2) is 8.77. The minimum Gasteiger partial charge on any atom is -0.495 e. The summed E-state index contributed by atoms with van der Waals surface area (Å²) in [5, 5.41) is 5.48. The van der Waals surface area contributed by atoms with Crippen LogP contribution in [0.3, 0.4) is 0 Å². The summed E-state index contributed by atoms with van der Waals surface area (Å²) in [5.41, 5.74) is 3.31. The van der Waals surface area contributed by atoms with Crippen molar-refractivity contribution in [1.82, 2.24) is 5.32 Å². The van der Waals surface area contributed by atoms with Gasteiger partial charge in [-0.15, -0.1) is 0 Å². The van der Waals surface area contributed by atoms with E-state index in [1.54, 1.807) is 24.1 Å². The molecule has 0 aromatic heterocycles. The number of benzene rings is 2. The molecule has 7 heteroatoms. The van der Waals surface area contributed by atoms with Gasteiger partial charge in [0.15, 0.2) is 0 Å². The lowest BCUT2D eigenvalue weighted by Gasteiger charge is -2.19. The lowest BCUT2D eigenvalue weighted by molar-refractivity contribution is -0.127. The fourth-order valence-corrected chi connectivity index (χ4v) is 3.48. The number of hydrogen-bond donors (Lipinski definition) is 2. The van der Waals surface area contributed by atoms with E-state index in [1.807, 2.05) is 44.2 Å². The van der Waals surface area contributed by atoms with E-state index in [1.165, 1.54) is 0 Å². The first-order chi connectivity index (χ1) is 13.9. The molecular weight excluding hydrogens is 370 g/mol. The van der Waals surface area contributed by atoms with Crippen LogP contribution in [0.15, 0.2) is 42.5 Å². The van der Waals surface area contributed by atoms with E-state index < -0.39 is 5.92 Å². The van der Waals surface area contributed by atoms with E-state index in [9.17, 15) is 14.4 Å². The number of ether oxygens (including phenoxy) is 1. The first-order valence-electron chi connectivity index (χ1n) is 9.48. The van der Waals surface area contributed by atoms with Gasteiger partial charge in [0.25, 0.3) is 0 Å². The minimum atomic E-state index is -0.514. The van der Waals surface area contributed by atoms with E-state index in [2.05, 4.69) is 10.6 Å². The molecule has 152 valence electrons. The molecule has 0 unspecified atom stereocenters. The number of rotatable bonds is 6. The maximum absolute atomic E-state index is 12.5. The van der Waals surface area contributed by atoms with Crippen molar-refractivity contribution in [3.63, 3.8) is 0 Å². The molecule has 0 spiro atoms. The Kier molecular flexibility index (Phi) is 6.16. The lowest BCUT2D eigenvalue weighted by Crippen LogP contribution is -2.38. The van der Waals surface area contributed by atoms with Crippen molar-refractivity contribution >= 4 is 29.1 Å². The standard InChI is InChI=1S/C22H25N3O4/c1-14-7-6-8-15(2)21(14)24-19(26)12-23-22(28)16-11-20(27)25(13-16)17-9-4-5-10-18(17)29-3/h4-10,16H,11-13H2,1-3H3,(H,23,28)(H,24,26)/t16-/m1/s1. The van der Waals surface area contributed by atoms with Crippen molar-refractivity contribution in [2.24, 2.45) is 5.92 Å². The van der Waals surface area contributed by atoms with E-state index in [-0.39, 0.29) is 37.2 Å². The highest BCUT2D eigenvalue weighted by Gasteiger charge is 2.36. The summed E-state index contributed by atoms with van der Waals surface area (Å²) < 4.78 is 5.31. The molecular formula is C22H25N3O4. The average molecular weight is 395 g/mol. The Hall–Kier alpha value is -3.35. The number of hydrogen-bond acceptors (Lipinski definition) is 4. The maximum atomic E-state index is 12.5. The van der Waals surface area contributed by atoms with Gasteiger partial charge in [-0.3, -0.25) is 14.4 Å². The van der Waals surface area contributed by atoms with Gasteiger partial charge in [-0.05, 0) is 37.1 Å². The summed E-state index contributed by atoms with van der Waals surface area (Å²) in [5.74, 6) is -0.695. The fraction of sp³-hybridized carbons (Fsp3) is 0.318. The molecule has 2 N–H and O–H groups in total. The molecule has 3 amide bonds. The molecule has 0 aliphatic carbocycles. The number of anilines is 2. The van der Waals surface area contributed by atoms with Crippen LogP contribution in [0.1, 0.15) is 17.5 Å². The number of carbonyl (C=O) groups excluding carboxylic acids is 3. The largest absolute Gasteiger partial charge is 0.495 e. The van der Waals surface area contributed by atoms with Crippen molar-refractivity contribution in [2.45, 2.75) is 20.3 Å². The van der Waals surface area contributed by atoms with Crippen LogP contribution in [0.4, 0.5) is 11.4 Å².